The maximum atomic E-state index is 5.09. The smallest absolute Gasteiger partial charge is 0.221 e. The summed E-state index contributed by atoms with van der Waals surface area (Å²) in [6, 6.07) is 48.3. The number of hydrogen-bond acceptors (Lipinski definition) is 4. The molecule has 6 aromatic carbocycles. The van der Waals surface area contributed by atoms with E-state index in [-0.39, 0.29) is 0 Å². The van der Waals surface area contributed by atoms with Crippen LogP contribution >= 0.6 is 0 Å². The van der Waals surface area contributed by atoms with E-state index in [0.717, 1.165) is 89.4 Å². The van der Waals surface area contributed by atoms with Crippen molar-refractivity contribution in [3.05, 3.63) is 146 Å². The molecule has 0 saturated carbocycles. The summed E-state index contributed by atoms with van der Waals surface area (Å²) in [5.74, 6) is 2.43. The van der Waals surface area contributed by atoms with Crippen LogP contribution in [0.25, 0.3) is 89.4 Å². The van der Waals surface area contributed by atoms with Crippen molar-refractivity contribution in [1.82, 2.24) is 37.9 Å². The first kappa shape index (κ1) is 25.4. The van der Waals surface area contributed by atoms with Crippen LogP contribution in [0.2, 0.25) is 0 Å². The van der Waals surface area contributed by atoms with Gasteiger partial charge in [-0.15, -0.1) is 0 Å². The molecule has 0 aliphatic rings. The number of fused-ring (bicyclic) bond motifs is 11. The average molecular weight is 617 g/mol. The summed E-state index contributed by atoms with van der Waals surface area (Å²) in [6.07, 6.45) is 1.83. The monoisotopic (exact) mass is 616 g/mol. The van der Waals surface area contributed by atoms with Crippen LogP contribution in [0.5, 0.6) is 0 Å². The predicted octanol–water partition coefficient (Wildman–Crippen LogP) is 8.79. The van der Waals surface area contributed by atoms with Gasteiger partial charge in [0, 0.05) is 5.69 Å². The highest BCUT2D eigenvalue weighted by atomic mass is 15.2. The topological polar surface area (TPSA) is 70.2 Å². The number of hydrogen-bond donors (Lipinski definition) is 0. The highest BCUT2D eigenvalue weighted by Gasteiger charge is 2.21. The van der Waals surface area contributed by atoms with Gasteiger partial charge in [-0.3, -0.25) is 22.9 Å². The SMILES string of the molecule is c1ccc(-n2c3ccc(-c4ccc5c(c4)n4c6ccccc6nc4n5-c4cnc5ccccc5n4)cc3n3c4ccccc4nc23)cc1. The number of nitrogens with zero attached hydrogens (tertiary/aromatic N) is 8. The molecule has 0 aliphatic heterocycles. The molecule has 0 spiro atoms. The summed E-state index contributed by atoms with van der Waals surface area (Å²) in [6.45, 7) is 0. The van der Waals surface area contributed by atoms with Gasteiger partial charge in [0.1, 0.15) is 0 Å². The Morgan fingerprint density at radius 2 is 0.896 bits per heavy atom. The molecule has 0 amide bonds. The van der Waals surface area contributed by atoms with Crippen LogP contribution in [0.4, 0.5) is 0 Å². The number of benzene rings is 6. The quantitative estimate of drug-likeness (QED) is 0.199. The van der Waals surface area contributed by atoms with Gasteiger partial charge in [0.25, 0.3) is 0 Å². The van der Waals surface area contributed by atoms with Gasteiger partial charge in [0.05, 0.1) is 61.4 Å². The highest BCUT2D eigenvalue weighted by molar-refractivity contribution is 5.97. The Bertz CT molecular complexity index is 3070. The van der Waals surface area contributed by atoms with Crippen molar-refractivity contribution in [2.45, 2.75) is 0 Å². The van der Waals surface area contributed by atoms with Gasteiger partial charge < -0.3 is 0 Å². The summed E-state index contributed by atoms with van der Waals surface area (Å²) >= 11 is 0. The van der Waals surface area contributed by atoms with E-state index in [1.54, 1.807) is 0 Å². The molecule has 0 saturated heterocycles. The normalized spacial score (nSPS) is 12.2. The van der Waals surface area contributed by atoms with Crippen LogP contribution in [0.3, 0.4) is 0 Å². The van der Waals surface area contributed by atoms with E-state index < -0.39 is 0 Å². The Labute approximate surface area is 272 Å². The second kappa shape index (κ2) is 9.37. The molecule has 5 heterocycles. The molecule has 0 bridgehead atoms. The van der Waals surface area contributed by atoms with E-state index in [0.29, 0.717) is 0 Å². The van der Waals surface area contributed by atoms with Crippen LogP contribution < -0.4 is 0 Å². The lowest BCUT2D eigenvalue weighted by Crippen LogP contribution is -2.00. The summed E-state index contributed by atoms with van der Waals surface area (Å²) in [5, 5.41) is 0. The van der Waals surface area contributed by atoms with Crippen LogP contribution in [0, 0.1) is 0 Å². The lowest BCUT2D eigenvalue weighted by Gasteiger charge is -2.08. The Balaban J connectivity index is 1.18. The zero-order valence-corrected chi connectivity index (χ0v) is 25.4. The Morgan fingerprint density at radius 1 is 0.375 bits per heavy atom. The lowest BCUT2D eigenvalue weighted by atomic mass is 10.0. The molecule has 5 aromatic heterocycles. The average Bonchev–Trinajstić information content (AvgIpc) is 3.87. The highest BCUT2D eigenvalue weighted by Crippen LogP contribution is 2.35. The van der Waals surface area contributed by atoms with Gasteiger partial charge in [-0.1, -0.05) is 66.7 Å². The standard InChI is InChI=1S/C40H24N8/c1-2-10-27(11-3-1)45-34-20-18-25(22-36(34)46-32-16-8-6-14-30(32)43-39(45)46)26-19-21-35-37(23-26)47-33-17-9-7-15-31(33)44-40(47)48(35)38-24-41-28-12-4-5-13-29(28)42-38/h1-24H. The fraction of sp³-hybridized carbons (Fsp3) is 0. The summed E-state index contributed by atoms with van der Waals surface area (Å²) < 4.78 is 8.87. The van der Waals surface area contributed by atoms with Gasteiger partial charge in [-0.25, -0.2) is 15.0 Å². The van der Waals surface area contributed by atoms with E-state index in [1.807, 2.05) is 48.7 Å². The van der Waals surface area contributed by atoms with E-state index in [2.05, 4.69) is 115 Å². The molecule has 48 heavy (non-hydrogen) atoms. The zero-order chi connectivity index (χ0) is 31.3. The van der Waals surface area contributed by atoms with Crippen molar-refractivity contribution in [3.63, 3.8) is 0 Å². The lowest BCUT2D eigenvalue weighted by molar-refractivity contribution is 1.04. The molecule has 0 radical (unpaired) electrons. The largest absolute Gasteiger partial charge is 0.278 e. The summed E-state index contributed by atoms with van der Waals surface area (Å²) in [5.41, 5.74) is 13.3. The molecule has 8 nitrogen and oxygen atoms in total. The molecule has 0 unspecified atom stereocenters. The number of imidazole rings is 4. The first-order chi connectivity index (χ1) is 23.8. The zero-order valence-electron chi connectivity index (χ0n) is 25.4. The van der Waals surface area contributed by atoms with E-state index in [1.165, 1.54) is 0 Å². The molecule has 0 aliphatic carbocycles. The molecule has 8 heteroatoms. The molecular weight excluding hydrogens is 592 g/mol. The minimum Gasteiger partial charge on any atom is -0.278 e. The van der Waals surface area contributed by atoms with Crippen molar-refractivity contribution in [1.29, 1.82) is 0 Å². The van der Waals surface area contributed by atoms with Crippen LogP contribution in [-0.4, -0.2) is 37.9 Å². The molecular formula is C40H24N8. The second-order valence-corrected chi connectivity index (χ2v) is 12.1. The fourth-order valence-electron chi connectivity index (χ4n) is 7.27. The van der Waals surface area contributed by atoms with Crippen molar-refractivity contribution < 1.29 is 0 Å². The molecule has 11 rings (SSSR count). The minimum atomic E-state index is 0.731. The Kier molecular flexibility index (Phi) is 4.96. The van der Waals surface area contributed by atoms with E-state index in [4.69, 9.17) is 19.9 Å². The Morgan fingerprint density at radius 3 is 1.54 bits per heavy atom. The van der Waals surface area contributed by atoms with Crippen molar-refractivity contribution in [3.8, 4) is 22.6 Å². The third-order valence-corrected chi connectivity index (χ3v) is 9.41. The third-order valence-electron chi connectivity index (χ3n) is 9.41. The molecule has 224 valence electrons. The fourth-order valence-corrected chi connectivity index (χ4v) is 7.27. The second-order valence-electron chi connectivity index (χ2n) is 12.1. The first-order valence-corrected chi connectivity index (χ1v) is 15.9. The molecule has 11 aromatic rings. The minimum absolute atomic E-state index is 0.731. The van der Waals surface area contributed by atoms with Crippen LogP contribution in [0.1, 0.15) is 0 Å². The first-order valence-electron chi connectivity index (χ1n) is 15.9. The third kappa shape index (κ3) is 3.43. The summed E-state index contributed by atoms with van der Waals surface area (Å²) in [4.78, 5) is 19.9. The van der Waals surface area contributed by atoms with Crippen molar-refractivity contribution >= 4 is 66.7 Å². The summed E-state index contributed by atoms with van der Waals surface area (Å²) in [7, 11) is 0. The Hall–Kier alpha value is -6.80. The van der Waals surface area contributed by atoms with Gasteiger partial charge >= 0.3 is 0 Å². The van der Waals surface area contributed by atoms with Gasteiger partial charge in [-0.05, 0) is 83.9 Å². The molecule has 0 fully saturated rings. The maximum Gasteiger partial charge on any atom is 0.221 e. The number of aromatic nitrogens is 8. The number of rotatable bonds is 3. The van der Waals surface area contributed by atoms with E-state index >= 15 is 0 Å². The van der Waals surface area contributed by atoms with E-state index in [9.17, 15) is 0 Å². The maximum absolute atomic E-state index is 5.09. The van der Waals surface area contributed by atoms with Crippen molar-refractivity contribution in [2.24, 2.45) is 0 Å². The molecule has 0 atom stereocenters. The van der Waals surface area contributed by atoms with Gasteiger partial charge in [-0.2, -0.15) is 0 Å². The van der Waals surface area contributed by atoms with Gasteiger partial charge in [0.2, 0.25) is 11.6 Å². The molecule has 0 N–H and O–H groups in total. The van der Waals surface area contributed by atoms with Crippen molar-refractivity contribution in [2.75, 3.05) is 0 Å². The van der Waals surface area contributed by atoms with Gasteiger partial charge in [0.15, 0.2) is 5.82 Å². The predicted molar refractivity (Wildman–Crippen MR) is 191 cm³/mol. The van der Waals surface area contributed by atoms with Crippen LogP contribution in [0.15, 0.2) is 146 Å². The number of para-hydroxylation sites is 7. The van der Waals surface area contributed by atoms with Crippen LogP contribution in [-0.2, 0) is 0 Å².